The van der Waals surface area contributed by atoms with E-state index < -0.39 is 0 Å². The third-order valence-electron chi connectivity index (χ3n) is 2.68. The van der Waals surface area contributed by atoms with Crippen LogP contribution in [0.4, 0.5) is 0 Å². The first-order valence-corrected chi connectivity index (χ1v) is 5.98. The van der Waals surface area contributed by atoms with Crippen molar-refractivity contribution in [3.8, 4) is 0 Å². The molecule has 0 spiro atoms. The van der Waals surface area contributed by atoms with Crippen molar-refractivity contribution >= 4 is 5.91 Å². The third-order valence-corrected chi connectivity index (χ3v) is 2.68. The second kappa shape index (κ2) is 5.53. The Morgan fingerprint density at radius 2 is 2.33 bits per heavy atom. The van der Waals surface area contributed by atoms with Gasteiger partial charge in [0.2, 0.25) is 0 Å². The van der Waals surface area contributed by atoms with Crippen molar-refractivity contribution in [2.45, 2.75) is 26.8 Å². The van der Waals surface area contributed by atoms with Gasteiger partial charge >= 0.3 is 0 Å². The van der Waals surface area contributed by atoms with Crippen LogP contribution in [0.15, 0.2) is 29.1 Å². The number of nitrogens with one attached hydrogen (secondary N) is 1. The molecule has 0 aliphatic carbocycles. The summed E-state index contributed by atoms with van der Waals surface area (Å²) >= 11 is 0. The fraction of sp³-hybridized carbons (Fsp3) is 0.385. The summed E-state index contributed by atoms with van der Waals surface area (Å²) in [7, 11) is 0. The van der Waals surface area contributed by atoms with Crippen molar-refractivity contribution in [3.05, 3.63) is 41.6 Å². The summed E-state index contributed by atoms with van der Waals surface area (Å²) < 4.78 is 6.99. The highest BCUT2D eigenvalue weighted by molar-refractivity contribution is 5.92. The van der Waals surface area contributed by atoms with Crippen molar-refractivity contribution < 1.29 is 9.21 Å². The zero-order chi connectivity index (χ0) is 13.0. The molecule has 0 radical (unpaired) electrons. The normalized spacial score (nSPS) is 10.6. The van der Waals surface area contributed by atoms with Gasteiger partial charge < -0.3 is 9.73 Å². The SMILES string of the molecule is Cc1cnn(CCCNC(=O)c2occc2C)c1. The van der Waals surface area contributed by atoms with E-state index in [-0.39, 0.29) is 5.91 Å². The molecule has 0 unspecified atom stereocenters. The van der Waals surface area contributed by atoms with Crippen LogP contribution in [-0.4, -0.2) is 22.2 Å². The maximum absolute atomic E-state index is 11.7. The predicted octanol–water partition coefficient (Wildman–Crippen LogP) is 1.91. The van der Waals surface area contributed by atoms with Crippen LogP contribution in [0.5, 0.6) is 0 Å². The molecule has 0 aliphatic rings. The van der Waals surface area contributed by atoms with E-state index in [4.69, 9.17) is 4.42 Å². The Labute approximate surface area is 106 Å². The number of carbonyl (C=O) groups excluding carboxylic acids is 1. The summed E-state index contributed by atoms with van der Waals surface area (Å²) in [6.07, 6.45) is 6.17. The first-order valence-electron chi connectivity index (χ1n) is 5.98. The molecule has 1 amide bonds. The van der Waals surface area contributed by atoms with Gasteiger partial charge in [-0.2, -0.15) is 5.10 Å². The topological polar surface area (TPSA) is 60.1 Å². The molecule has 1 N–H and O–H groups in total. The maximum atomic E-state index is 11.7. The monoisotopic (exact) mass is 247 g/mol. The molecule has 0 aliphatic heterocycles. The summed E-state index contributed by atoms with van der Waals surface area (Å²) in [5, 5.41) is 7.01. The second-order valence-electron chi connectivity index (χ2n) is 4.32. The van der Waals surface area contributed by atoms with Gasteiger partial charge in [-0.3, -0.25) is 9.48 Å². The minimum absolute atomic E-state index is 0.158. The van der Waals surface area contributed by atoms with Gasteiger partial charge in [-0.15, -0.1) is 0 Å². The first kappa shape index (κ1) is 12.4. The van der Waals surface area contributed by atoms with Gasteiger partial charge in [0.05, 0.1) is 12.5 Å². The van der Waals surface area contributed by atoms with Crippen LogP contribution in [0.25, 0.3) is 0 Å². The quantitative estimate of drug-likeness (QED) is 0.821. The Morgan fingerprint density at radius 1 is 1.50 bits per heavy atom. The molecule has 0 saturated heterocycles. The lowest BCUT2D eigenvalue weighted by molar-refractivity contribution is 0.0924. The molecule has 2 aromatic heterocycles. The van der Waals surface area contributed by atoms with Crippen LogP contribution in [0.2, 0.25) is 0 Å². The average molecular weight is 247 g/mol. The second-order valence-corrected chi connectivity index (χ2v) is 4.32. The van der Waals surface area contributed by atoms with E-state index in [1.807, 2.05) is 30.9 Å². The molecule has 0 atom stereocenters. The highest BCUT2D eigenvalue weighted by atomic mass is 16.3. The molecule has 2 heterocycles. The lowest BCUT2D eigenvalue weighted by Gasteiger charge is -2.04. The minimum Gasteiger partial charge on any atom is -0.459 e. The number of hydrogen-bond acceptors (Lipinski definition) is 3. The summed E-state index contributed by atoms with van der Waals surface area (Å²) in [4.78, 5) is 11.7. The number of hydrogen-bond donors (Lipinski definition) is 1. The lowest BCUT2D eigenvalue weighted by atomic mass is 10.2. The molecule has 96 valence electrons. The smallest absolute Gasteiger partial charge is 0.287 e. The number of furan rings is 1. The summed E-state index contributed by atoms with van der Waals surface area (Å²) in [6, 6.07) is 1.78. The molecule has 18 heavy (non-hydrogen) atoms. The van der Waals surface area contributed by atoms with Gasteiger partial charge in [-0.05, 0) is 31.9 Å². The highest BCUT2D eigenvalue weighted by Crippen LogP contribution is 2.07. The number of nitrogens with zero attached hydrogens (tertiary/aromatic N) is 2. The van der Waals surface area contributed by atoms with Crippen LogP contribution in [-0.2, 0) is 6.54 Å². The largest absolute Gasteiger partial charge is 0.459 e. The molecule has 2 rings (SSSR count). The van der Waals surface area contributed by atoms with Crippen LogP contribution < -0.4 is 5.32 Å². The Morgan fingerprint density at radius 3 is 2.94 bits per heavy atom. The Balaban J connectivity index is 1.73. The number of aryl methyl sites for hydroxylation is 3. The standard InChI is InChI=1S/C13H17N3O2/c1-10-8-15-16(9-10)6-3-5-14-13(17)12-11(2)4-7-18-12/h4,7-9H,3,5-6H2,1-2H3,(H,14,17). The Bertz CT molecular complexity index is 528. The predicted molar refractivity (Wildman–Crippen MR) is 67.4 cm³/mol. The van der Waals surface area contributed by atoms with Crippen molar-refractivity contribution in [3.63, 3.8) is 0 Å². The number of rotatable bonds is 5. The first-order chi connectivity index (χ1) is 8.66. The summed E-state index contributed by atoms with van der Waals surface area (Å²) in [5.74, 6) is 0.235. The van der Waals surface area contributed by atoms with Crippen LogP contribution >= 0.6 is 0 Å². The molecular weight excluding hydrogens is 230 g/mol. The van der Waals surface area contributed by atoms with Gasteiger partial charge in [-0.1, -0.05) is 0 Å². The average Bonchev–Trinajstić information content (AvgIpc) is 2.93. The van der Waals surface area contributed by atoms with E-state index in [2.05, 4.69) is 10.4 Å². The highest BCUT2D eigenvalue weighted by Gasteiger charge is 2.11. The molecule has 5 heteroatoms. The van der Waals surface area contributed by atoms with Crippen molar-refractivity contribution in [2.75, 3.05) is 6.54 Å². The van der Waals surface area contributed by atoms with E-state index >= 15 is 0 Å². The number of amides is 1. The Kier molecular flexibility index (Phi) is 3.82. The summed E-state index contributed by atoms with van der Waals surface area (Å²) in [5.41, 5.74) is 2.00. The Hall–Kier alpha value is -2.04. The van der Waals surface area contributed by atoms with Crippen LogP contribution in [0.3, 0.4) is 0 Å². The number of carbonyl (C=O) groups is 1. The molecule has 0 fully saturated rings. The molecule has 0 aromatic carbocycles. The van der Waals surface area contributed by atoms with E-state index in [9.17, 15) is 4.79 Å². The van der Waals surface area contributed by atoms with E-state index in [0.717, 1.165) is 24.1 Å². The van der Waals surface area contributed by atoms with Crippen LogP contribution in [0, 0.1) is 13.8 Å². The number of aromatic nitrogens is 2. The van der Waals surface area contributed by atoms with Crippen LogP contribution in [0.1, 0.15) is 28.1 Å². The van der Waals surface area contributed by atoms with E-state index in [0.29, 0.717) is 12.3 Å². The molecule has 2 aromatic rings. The zero-order valence-corrected chi connectivity index (χ0v) is 10.6. The van der Waals surface area contributed by atoms with E-state index in [1.54, 1.807) is 6.07 Å². The summed E-state index contributed by atoms with van der Waals surface area (Å²) in [6.45, 7) is 5.26. The van der Waals surface area contributed by atoms with Crippen molar-refractivity contribution in [1.29, 1.82) is 0 Å². The van der Waals surface area contributed by atoms with Crippen molar-refractivity contribution in [2.24, 2.45) is 0 Å². The molecule has 0 saturated carbocycles. The third kappa shape index (κ3) is 3.00. The lowest BCUT2D eigenvalue weighted by Crippen LogP contribution is -2.25. The fourth-order valence-corrected chi connectivity index (χ4v) is 1.72. The van der Waals surface area contributed by atoms with Gasteiger partial charge in [0.1, 0.15) is 0 Å². The van der Waals surface area contributed by atoms with Gasteiger partial charge in [0.15, 0.2) is 5.76 Å². The molecule has 0 bridgehead atoms. The van der Waals surface area contributed by atoms with E-state index in [1.165, 1.54) is 6.26 Å². The molecule has 5 nitrogen and oxygen atoms in total. The molecular formula is C13H17N3O2. The van der Waals surface area contributed by atoms with Gasteiger partial charge in [0, 0.05) is 24.8 Å². The van der Waals surface area contributed by atoms with Gasteiger partial charge in [-0.25, -0.2) is 0 Å². The van der Waals surface area contributed by atoms with Crippen molar-refractivity contribution in [1.82, 2.24) is 15.1 Å². The fourth-order valence-electron chi connectivity index (χ4n) is 1.72. The zero-order valence-electron chi connectivity index (χ0n) is 10.6. The maximum Gasteiger partial charge on any atom is 0.287 e. The van der Waals surface area contributed by atoms with Gasteiger partial charge in [0.25, 0.3) is 5.91 Å². The minimum atomic E-state index is -0.158.